The molecule has 108 valence electrons. The summed E-state index contributed by atoms with van der Waals surface area (Å²) in [4.78, 5) is 14.6. The Kier molecular flexibility index (Phi) is 6.80. The van der Waals surface area contributed by atoms with Crippen LogP contribution in [0.4, 0.5) is 11.9 Å². The molecule has 1 atom stereocenters. The molecule has 0 aliphatic rings. The fourth-order valence-corrected chi connectivity index (χ4v) is 1.90. The van der Waals surface area contributed by atoms with Crippen molar-refractivity contribution in [1.82, 2.24) is 15.0 Å². The number of nitrogens with one attached hydrogen (secondary N) is 1. The summed E-state index contributed by atoms with van der Waals surface area (Å²) < 4.78 is 0. The van der Waals surface area contributed by atoms with E-state index in [9.17, 15) is 0 Å². The lowest BCUT2D eigenvalue weighted by Gasteiger charge is -2.20. The zero-order chi connectivity index (χ0) is 14.3. The van der Waals surface area contributed by atoms with E-state index in [2.05, 4.69) is 20.3 Å². The molecule has 0 aromatic carbocycles. The lowest BCUT2D eigenvalue weighted by Crippen LogP contribution is -2.26. The van der Waals surface area contributed by atoms with Gasteiger partial charge in [-0.2, -0.15) is 15.0 Å². The number of hydrogen-bond acceptors (Lipinski definition) is 6. The van der Waals surface area contributed by atoms with E-state index >= 15 is 0 Å². The predicted molar refractivity (Wildman–Crippen MR) is 77.8 cm³/mol. The number of halogens is 1. The fourth-order valence-electron chi connectivity index (χ4n) is 1.74. The van der Waals surface area contributed by atoms with Crippen LogP contribution < -0.4 is 10.2 Å². The summed E-state index contributed by atoms with van der Waals surface area (Å²) in [7, 11) is 0. The van der Waals surface area contributed by atoms with Gasteiger partial charge in [0.15, 0.2) is 0 Å². The third-order valence-corrected chi connectivity index (χ3v) is 2.98. The number of rotatable bonds is 8. The second-order valence-corrected chi connectivity index (χ2v) is 4.65. The molecule has 0 saturated heterocycles. The second-order valence-electron chi connectivity index (χ2n) is 4.31. The van der Waals surface area contributed by atoms with Crippen molar-refractivity contribution >= 4 is 23.5 Å². The van der Waals surface area contributed by atoms with Crippen molar-refractivity contribution < 1.29 is 5.11 Å². The average Bonchev–Trinajstić information content (AvgIpc) is 2.37. The molecule has 1 aromatic rings. The summed E-state index contributed by atoms with van der Waals surface area (Å²) in [6.45, 7) is 7.92. The zero-order valence-corrected chi connectivity index (χ0v) is 12.5. The summed E-state index contributed by atoms with van der Waals surface area (Å²) in [6.07, 6.45) is 1.59. The van der Waals surface area contributed by atoms with Gasteiger partial charge in [0.2, 0.25) is 17.2 Å². The van der Waals surface area contributed by atoms with E-state index in [4.69, 9.17) is 16.7 Å². The first kappa shape index (κ1) is 15.9. The second kappa shape index (κ2) is 8.12. The Bertz CT molecular complexity index is 386. The maximum atomic E-state index is 8.81. The van der Waals surface area contributed by atoms with Crippen molar-refractivity contribution in [1.29, 1.82) is 0 Å². The number of hydrogen-bond donors (Lipinski definition) is 2. The third-order valence-electron chi connectivity index (χ3n) is 2.81. The van der Waals surface area contributed by atoms with Crippen LogP contribution in [0.15, 0.2) is 0 Å². The number of anilines is 2. The molecular formula is C12H22ClN5O. The Balaban J connectivity index is 2.78. The van der Waals surface area contributed by atoms with E-state index in [1.54, 1.807) is 0 Å². The van der Waals surface area contributed by atoms with Gasteiger partial charge in [-0.05, 0) is 45.2 Å². The molecule has 0 aliphatic carbocycles. The van der Waals surface area contributed by atoms with Gasteiger partial charge in [0.1, 0.15) is 0 Å². The summed E-state index contributed by atoms with van der Waals surface area (Å²) in [5.74, 6) is 1.06. The number of aliphatic hydroxyl groups is 1. The van der Waals surface area contributed by atoms with E-state index in [1.165, 1.54) is 0 Å². The van der Waals surface area contributed by atoms with Crippen LogP contribution in [0.3, 0.4) is 0 Å². The van der Waals surface area contributed by atoms with E-state index in [1.807, 2.05) is 25.7 Å². The molecule has 1 unspecified atom stereocenters. The zero-order valence-electron chi connectivity index (χ0n) is 11.7. The molecule has 1 heterocycles. The van der Waals surface area contributed by atoms with Gasteiger partial charge in [0.05, 0.1) is 0 Å². The van der Waals surface area contributed by atoms with Crippen LogP contribution in [-0.4, -0.2) is 45.8 Å². The molecular weight excluding hydrogens is 266 g/mol. The van der Waals surface area contributed by atoms with Gasteiger partial charge in [-0.3, -0.25) is 0 Å². The highest BCUT2D eigenvalue weighted by Crippen LogP contribution is 2.14. The first-order valence-corrected chi connectivity index (χ1v) is 7.02. The summed E-state index contributed by atoms with van der Waals surface area (Å²) in [6, 6.07) is 0.176. The molecule has 0 spiro atoms. The summed E-state index contributed by atoms with van der Waals surface area (Å²) in [5.41, 5.74) is 0. The Morgan fingerprint density at radius 1 is 1.26 bits per heavy atom. The van der Waals surface area contributed by atoms with Gasteiger partial charge < -0.3 is 15.3 Å². The standard InChI is InChI=1S/C12H22ClN5O/c1-4-18(5-2)12-16-10(13)15-11(17-12)14-9(3)7-6-8-19/h9,19H,4-8H2,1-3H3,(H,14,15,16,17). The van der Waals surface area contributed by atoms with Gasteiger partial charge in [0.25, 0.3) is 0 Å². The van der Waals surface area contributed by atoms with Crippen molar-refractivity contribution in [3.05, 3.63) is 5.28 Å². The van der Waals surface area contributed by atoms with E-state index in [-0.39, 0.29) is 17.9 Å². The predicted octanol–water partition coefficient (Wildman–Crippen LogP) is 1.94. The Labute approximate surface area is 119 Å². The van der Waals surface area contributed by atoms with Gasteiger partial charge in [-0.15, -0.1) is 0 Å². The van der Waals surface area contributed by atoms with Crippen LogP contribution in [0.2, 0.25) is 5.28 Å². The smallest absolute Gasteiger partial charge is 0.231 e. The van der Waals surface area contributed by atoms with Crippen molar-refractivity contribution in [2.75, 3.05) is 29.9 Å². The lowest BCUT2D eigenvalue weighted by molar-refractivity contribution is 0.282. The molecule has 19 heavy (non-hydrogen) atoms. The van der Waals surface area contributed by atoms with Gasteiger partial charge in [0, 0.05) is 25.7 Å². The molecule has 0 bridgehead atoms. The van der Waals surface area contributed by atoms with Gasteiger partial charge in [-0.1, -0.05) is 0 Å². The fraction of sp³-hybridized carbons (Fsp3) is 0.750. The average molecular weight is 288 g/mol. The highest BCUT2D eigenvalue weighted by molar-refractivity contribution is 6.28. The Morgan fingerprint density at radius 3 is 2.53 bits per heavy atom. The molecule has 0 amide bonds. The number of nitrogens with zero attached hydrogens (tertiary/aromatic N) is 4. The SMILES string of the molecule is CCN(CC)c1nc(Cl)nc(NC(C)CCCO)n1. The Morgan fingerprint density at radius 2 is 1.95 bits per heavy atom. The monoisotopic (exact) mass is 287 g/mol. The third kappa shape index (κ3) is 5.16. The molecule has 7 heteroatoms. The molecule has 0 fully saturated rings. The highest BCUT2D eigenvalue weighted by Gasteiger charge is 2.11. The highest BCUT2D eigenvalue weighted by atomic mass is 35.5. The van der Waals surface area contributed by atoms with E-state index < -0.39 is 0 Å². The molecule has 0 saturated carbocycles. The van der Waals surface area contributed by atoms with Crippen molar-refractivity contribution in [2.45, 2.75) is 39.7 Å². The number of aliphatic hydroxyl groups excluding tert-OH is 1. The van der Waals surface area contributed by atoms with Crippen molar-refractivity contribution in [3.8, 4) is 0 Å². The van der Waals surface area contributed by atoms with E-state index in [0.717, 1.165) is 25.9 Å². The minimum absolute atomic E-state index is 0.176. The minimum atomic E-state index is 0.176. The first-order valence-electron chi connectivity index (χ1n) is 6.64. The number of aromatic nitrogens is 3. The van der Waals surface area contributed by atoms with Crippen LogP contribution in [0.25, 0.3) is 0 Å². The molecule has 1 rings (SSSR count). The quantitative estimate of drug-likeness (QED) is 0.761. The van der Waals surface area contributed by atoms with Crippen LogP contribution in [-0.2, 0) is 0 Å². The van der Waals surface area contributed by atoms with Gasteiger partial charge >= 0.3 is 0 Å². The molecule has 2 N–H and O–H groups in total. The largest absolute Gasteiger partial charge is 0.396 e. The van der Waals surface area contributed by atoms with Crippen LogP contribution in [0.1, 0.15) is 33.6 Å². The maximum absolute atomic E-state index is 8.81. The van der Waals surface area contributed by atoms with Crippen LogP contribution in [0, 0.1) is 0 Å². The summed E-state index contributed by atoms with van der Waals surface area (Å²) in [5, 5.41) is 12.2. The molecule has 1 aromatic heterocycles. The lowest BCUT2D eigenvalue weighted by atomic mass is 10.2. The minimum Gasteiger partial charge on any atom is -0.396 e. The van der Waals surface area contributed by atoms with E-state index in [0.29, 0.717) is 11.9 Å². The van der Waals surface area contributed by atoms with Crippen molar-refractivity contribution in [2.24, 2.45) is 0 Å². The molecule has 6 nitrogen and oxygen atoms in total. The maximum Gasteiger partial charge on any atom is 0.231 e. The van der Waals surface area contributed by atoms with Crippen LogP contribution >= 0.6 is 11.6 Å². The first-order chi connectivity index (χ1) is 9.10. The van der Waals surface area contributed by atoms with Gasteiger partial charge in [-0.25, -0.2) is 0 Å². The summed E-state index contributed by atoms with van der Waals surface area (Å²) >= 11 is 5.93. The van der Waals surface area contributed by atoms with Crippen LogP contribution in [0.5, 0.6) is 0 Å². The molecule has 0 aliphatic heterocycles. The Hall–Kier alpha value is -1.14. The van der Waals surface area contributed by atoms with Crippen molar-refractivity contribution in [3.63, 3.8) is 0 Å². The topological polar surface area (TPSA) is 74.2 Å². The normalized spacial score (nSPS) is 12.3. The molecule has 0 radical (unpaired) electrons.